The fourth-order valence-electron chi connectivity index (χ4n) is 3.25. The Morgan fingerprint density at radius 2 is 1.74 bits per heavy atom. The van der Waals surface area contributed by atoms with Gasteiger partial charge in [-0.2, -0.15) is 0 Å². The van der Waals surface area contributed by atoms with E-state index < -0.39 is 0 Å². The first-order valence-corrected chi connectivity index (χ1v) is 7.60. The molecule has 0 aliphatic heterocycles. The number of rotatable bonds is 4. The molecule has 1 aromatic carbocycles. The van der Waals surface area contributed by atoms with Gasteiger partial charge in [0, 0.05) is 6.04 Å². The van der Waals surface area contributed by atoms with Crippen LogP contribution in [0.5, 0.6) is 0 Å². The zero-order chi connectivity index (χ0) is 13.8. The van der Waals surface area contributed by atoms with Gasteiger partial charge in [-0.1, -0.05) is 44.2 Å². The second-order valence-corrected chi connectivity index (χ2v) is 6.16. The SMILES string of the molecule is Cc1cc(C(N)CCC2CCCCC2)cc(C)c1F. The van der Waals surface area contributed by atoms with Crippen molar-refractivity contribution in [2.24, 2.45) is 11.7 Å². The van der Waals surface area contributed by atoms with Crippen molar-refractivity contribution in [1.29, 1.82) is 0 Å². The molecule has 2 heteroatoms. The van der Waals surface area contributed by atoms with Crippen LogP contribution >= 0.6 is 0 Å². The molecule has 1 aliphatic rings. The van der Waals surface area contributed by atoms with E-state index in [0.717, 1.165) is 17.9 Å². The second-order valence-electron chi connectivity index (χ2n) is 6.16. The van der Waals surface area contributed by atoms with Crippen LogP contribution in [-0.4, -0.2) is 0 Å². The van der Waals surface area contributed by atoms with Crippen molar-refractivity contribution in [2.45, 2.75) is 64.8 Å². The Hall–Kier alpha value is -0.890. The van der Waals surface area contributed by atoms with Crippen molar-refractivity contribution >= 4 is 0 Å². The molecule has 2 N–H and O–H groups in total. The van der Waals surface area contributed by atoms with Gasteiger partial charge in [-0.05, 0) is 49.3 Å². The molecule has 1 aliphatic carbocycles. The Morgan fingerprint density at radius 1 is 1.16 bits per heavy atom. The van der Waals surface area contributed by atoms with E-state index in [1.54, 1.807) is 0 Å². The van der Waals surface area contributed by atoms with Gasteiger partial charge in [-0.3, -0.25) is 0 Å². The monoisotopic (exact) mass is 263 g/mol. The third kappa shape index (κ3) is 3.79. The highest BCUT2D eigenvalue weighted by Gasteiger charge is 2.16. The quantitative estimate of drug-likeness (QED) is 0.829. The van der Waals surface area contributed by atoms with E-state index in [4.69, 9.17) is 5.73 Å². The van der Waals surface area contributed by atoms with Gasteiger partial charge >= 0.3 is 0 Å². The summed E-state index contributed by atoms with van der Waals surface area (Å²) in [5.41, 5.74) is 8.79. The van der Waals surface area contributed by atoms with E-state index in [1.165, 1.54) is 38.5 Å². The van der Waals surface area contributed by atoms with Gasteiger partial charge in [0.15, 0.2) is 0 Å². The fraction of sp³-hybridized carbons (Fsp3) is 0.647. The number of aryl methyl sites for hydroxylation is 2. The van der Waals surface area contributed by atoms with Crippen LogP contribution in [0.3, 0.4) is 0 Å². The first-order valence-electron chi connectivity index (χ1n) is 7.60. The highest BCUT2D eigenvalue weighted by Crippen LogP contribution is 2.30. The molecule has 1 saturated carbocycles. The molecule has 1 fully saturated rings. The van der Waals surface area contributed by atoms with Crippen molar-refractivity contribution in [1.82, 2.24) is 0 Å². The zero-order valence-corrected chi connectivity index (χ0v) is 12.2. The van der Waals surface area contributed by atoms with Crippen LogP contribution in [0.15, 0.2) is 12.1 Å². The number of hydrogen-bond acceptors (Lipinski definition) is 1. The molecule has 0 aromatic heterocycles. The number of hydrogen-bond donors (Lipinski definition) is 1. The summed E-state index contributed by atoms with van der Waals surface area (Å²) in [4.78, 5) is 0. The molecule has 0 amide bonds. The highest BCUT2D eigenvalue weighted by atomic mass is 19.1. The average Bonchev–Trinajstić information content (AvgIpc) is 2.42. The molecule has 0 bridgehead atoms. The third-order valence-electron chi connectivity index (χ3n) is 4.50. The fourth-order valence-corrected chi connectivity index (χ4v) is 3.25. The Labute approximate surface area is 116 Å². The predicted octanol–water partition coefficient (Wildman–Crippen LogP) is 4.80. The molecule has 0 spiro atoms. The van der Waals surface area contributed by atoms with Gasteiger partial charge in [-0.15, -0.1) is 0 Å². The van der Waals surface area contributed by atoms with Crippen LogP contribution in [0.1, 0.15) is 67.7 Å². The van der Waals surface area contributed by atoms with E-state index in [2.05, 4.69) is 0 Å². The number of nitrogens with two attached hydrogens (primary N) is 1. The Bertz CT molecular complexity index is 398. The third-order valence-corrected chi connectivity index (χ3v) is 4.50. The van der Waals surface area contributed by atoms with E-state index in [1.807, 2.05) is 26.0 Å². The second kappa shape index (κ2) is 6.51. The summed E-state index contributed by atoms with van der Waals surface area (Å²) in [5, 5.41) is 0. The van der Waals surface area contributed by atoms with Crippen LogP contribution in [-0.2, 0) is 0 Å². The molecule has 2 rings (SSSR count). The summed E-state index contributed by atoms with van der Waals surface area (Å²) in [6, 6.07) is 3.88. The Balaban J connectivity index is 1.93. The van der Waals surface area contributed by atoms with Crippen LogP contribution < -0.4 is 5.73 Å². The van der Waals surface area contributed by atoms with Crippen LogP contribution in [0, 0.1) is 25.6 Å². The lowest BCUT2D eigenvalue weighted by atomic mass is 9.84. The minimum Gasteiger partial charge on any atom is -0.324 e. The molecule has 19 heavy (non-hydrogen) atoms. The van der Waals surface area contributed by atoms with E-state index in [9.17, 15) is 4.39 Å². The molecule has 0 heterocycles. The van der Waals surface area contributed by atoms with Gasteiger partial charge in [0.05, 0.1) is 0 Å². The molecular formula is C17H26FN. The van der Waals surface area contributed by atoms with Crippen molar-refractivity contribution in [3.05, 3.63) is 34.6 Å². The Kier molecular flexibility index (Phi) is 4.98. The smallest absolute Gasteiger partial charge is 0.129 e. The van der Waals surface area contributed by atoms with Crippen LogP contribution in [0.4, 0.5) is 4.39 Å². The van der Waals surface area contributed by atoms with Gasteiger partial charge in [0.1, 0.15) is 5.82 Å². The summed E-state index contributed by atoms with van der Waals surface area (Å²) in [6.07, 6.45) is 9.15. The molecule has 1 nitrogen and oxygen atoms in total. The maximum atomic E-state index is 13.6. The summed E-state index contributed by atoms with van der Waals surface area (Å²) in [6.45, 7) is 3.64. The maximum Gasteiger partial charge on any atom is 0.129 e. The van der Waals surface area contributed by atoms with Crippen LogP contribution in [0.2, 0.25) is 0 Å². The minimum absolute atomic E-state index is 0.0555. The lowest BCUT2D eigenvalue weighted by Gasteiger charge is -2.23. The summed E-state index contributed by atoms with van der Waals surface area (Å²) >= 11 is 0. The first kappa shape index (κ1) is 14.5. The van der Waals surface area contributed by atoms with Crippen molar-refractivity contribution in [3.8, 4) is 0 Å². The molecule has 1 aromatic rings. The van der Waals surface area contributed by atoms with E-state index >= 15 is 0 Å². The van der Waals surface area contributed by atoms with E-state index in [0.29, 0.717) is 11.1 Å². The van der Waals surface area contributed by atoms with E-state index in [-0.39, 0.29) is 11.9 Å². The molecule has 1 unspecified atom stereocenters. The number of halogens is 1. The topological polar surface area (TPSA) is 26.0 Å². The van der Waals surface area contributed by atoms with Gasteiger partial charge in [0.2, 0.25) is 0 Å². The molecule has 106 valence electrons. The van der Waals surface area contributed by atoms with Gasteiger partial charge in [-0.25, -0.2) is 4.39 Å². The maximum absolute atomic E-state index is 13.6. The standard InChI is InChI=1S/C17H26FN/c1-12-10-15(11-13(2)17(12)18)16(19)9-8-14-6-4-3-5-7-14/h10-11,14,16H,3-9,19H2,1-2H3. The summed E-state index contributed by atoms with van der Waals surface area (Å²) in [7, 11) is 0. The normalized spacial score (nSPS) is 18.5. The molecule has 1 atom stereocenters. The Morgan fingerprint density at radius 3 is 2.32 bits per heavy atom. The largest absolute Gasteiger partial charge is 0.324 e. The van der Waals surface area contributed by atoms with Crippen molar-refractivity contribution in [2.75, 3.05) is 0 Å². The summed E-state index contributed by atoms with van der Waals surface area (Å²) in [5.74, 6) is 0.769. The van der Waals surface area contributed by atoms with Crippen LogP contribution in [0.25, 0.3) is 0 Å². The zero-order valence-electron chi connectivity index (χ0n) is 12.2. The summed E-state index contributed by atoms with van der Waals surface area (Å²) < 4.78 is 13.6. The predicted molar refractivity (Wildman–Crippen MR) is 78.6 cm³/mol. The highest BCUT2D eigenvalue weighted by molar-refractivity contribution is 5.32. The lowest BCUT2D eigenvalue weighted by Crippen LogP contribution is -2.14. The lowest BCUT2D eigenvalue weighted by molar-refractivity contribution is 0.324. The van der Waals surface area contributed by atoms with Gasteiger partial charge < -0.3 is 5.73 Å². The average molecular weight is 263 g/mol. The van der Waals surface area contributed by atoms with Crippen molar-refractivity contribution < 1.29 is 4.39 Å². The minimum atomic E-state index is -0.0942. The first-order chi connectivity index (χ1) is 9.08. The van der Waals surface area contributed by atoms with Crippen molar-refractivity contribution in [3.63, 3.8) is 0 Å². The van der Waals surface area contributed by atoms with Gasteiger partial charge in [0.25, 0.3) is 0 Å². The number of benzene rings is 1. The molecule has 0 saturated heterocycles. The molecule has 0 radical (unpaired) electrons. The molecular weight excluding hydrogens is 237 g/mol.